The highest BCUT2D eigenvalue weighted by atomic mass is 16.3. The molecule has 0 unspecified atom stereocenters. The van der Waals surface area contributed by atoms with Crippen LogP contribution < -0.4 is 0 Å². The quantitative estimate of drug-likeness (QED) is 0.824. The minimum Gasteiger partial charge on any atom is -0.506 e. The number of nitrogens with one attached hydrogen (secondary N) is 1. The molecule has 0 aliphatic carbocycles. The second kappa shape index (κ2) is 4.53. The van der Waals surface area contributed by atoms with Crippen LogP contribution in [-0.2, 0) is 6.42 Å². The Balaban J connectivity index is 2.24. The van der Waals surface area contributed by atoms with Gasteiger partial charge in [-0.25, -0.2) is 0 Å². The average molecular weight is 219 g/mol. The first-order valence-corrected chi connectivity index (χ1v) is 5.54. The maximum absolute atomic E-state index is 9.77. The van der Waals surface area contributed by atoms with Crippen molar-refractivity contribution in [3.8, 4) is 5.75 Å². The first-order valence-electron chi connectivity index (χ1n) is 5.54. The minimum absolute atomic E-state index is 0.257. The fourth-order valence-corrected chi connectivity index (χ4v) is 1.80. The van der Waals surface area contributed by atoms with Gasteiger partial charge in [0.1, 0.15) is 5.75 Å². The molecule has 16 heavy (non-hydrogen) atoms. The van der Waals surface area contributed by atoms with Gasteiger partial charge in [-0.3, -0.25) is 4.98 Å². The first kappa shape index (κ1) is 11.0. The Hall–Kier alpha value is -1.55. The number of aromatic amines is 1. The maximum atomic E-state index is 9.77. The van der Waals surface area contributed by atoms with Crippen LogP contribution in [0.3, 0.4) is 0 Å². The first-order chi connectivity index (χ1) is 7.72. The van der Waals surface area contributed by atoms with Gasteiger partial charge in [0.05, 0.1) is 17.9 Å². The minimum atomic E-state index is 0.257. The fraction of sp³-hybridized carbons (Fsp3) is 0.417. The van der Waals surface area contributed by atoms with Crippen LogP contribution in [0.5, 0.6) is 5.75 Å². The molecular weight excluding hydrogens is 202 g/mol. The van der Waals surface area contributed by atoms with Crippen molar-refractivity contribution in [1.29, 1.82) is 0 Å². The van der Waals surface area contributed by atoms with E-state index in [2.05, 4.69) is 28.8 Å². The molecule has 0 saturated carbocycles. The highest BCUT2D eigenvalue weighted by Crippen LogP contribution is 2.26. The summed E-state index contributed by atoms with van der Waals surface area (Å²) in [5, 5.41) is 10.7. The Morgan fingerprint density at radius 1 is 1.44 bits per heavy atom. The van der Waals surface area contributed by atoms with Gasteiger partial charge in [-0.2, -0.15) is 0 Å². The number of nitrogens with zero attached hydrogens (tertiary/aromatic N) is 2. The molecule has 0 radical (unpaired) electrons. The summed E-state index contributed by atoms with van der Waals surface area (Å²) in [6, 6.07) is 0. The molecule has 2 N–H and O–H groups in total. The van der Waals surface area contributed by atoms with Crippen molar-refractivity contribution in [3.63, 3.8) is 0 Å². The van der Waals surface area contributed by atoms with Gasteiger partial charge >= 0.3 is 0 Å². The van der Waals surface area contributed by atoms with Gasteiger partial charge in [-0.15, -0.1) is 0 Å². The van der Waals surface area contributed by atoms with E-state index in [9.17, 15) is 5.11 Å². The Kier molecular flexibility index (Phi) is 3.10. The number of aromatic hydroxyl groups is 1. The summed E-state index contributed by atoms with van der Waals surface area (Å²) in [6.45, 7) is 4.16. The van der Waals surface area contributed by atoms with Crippen LogP contribution in [0.2, 0.25) is 0 Å². The number of hydrogen-bond donors (Lipinski definition) is 2. The predicted molar refractivity (Wildman–Crippen MR) is 64.6 cm³/mol. The molecule has 0 bridgehead atoms. The summed E-state index contributed by atoms with van der Waals surface area (Å²) in [7, 11) is 2.09. The molecule has 2 rings (SSSR count). The van der Waals surface area contributed by atoms with Gasteiger partial charge in [0, 0.05) is 18.1 Å². The third-order valence-electron chi connectivity index (χ3n) is 2.95. The predicted octanol–water partition coefficient (Wildman–Crippen LogP) is 1.76. The van der Waals surface area contributed by atoms with Crippen molar-refractivity contribution >= 4 is 10.9 Å². The van der Waals surface area contributed by atoms with Gasteiger partial charge in [0.25, 0.3) is 0 Å². The Morgan fingerprint density at radius 2 is 2.25 bits per heavy atom. The van der Waals surface area contributed by atoms with E-state index in [1.807, 2.05) is 6.20 Å². The highest BCUT2D eigenvalue weighted by Gasteiger charge is 2.08. The van der Waals surface area contributed by atoms with Crippen molar-refractivity contribution in [1.82, 2.24) is 14.9 Å². The third kappa shape index (κ3) is 2.02. The van der Waals surface area contributed by atoms with Crippen molar-refractivity contribution in [3.05, 3.63) is 24.2 Å². The summed E-state index contributed by atoms with van der Waals surface area (Å²) in [4.78, 5) is 9.32. The van der Waals surface area contributed by atoms with E-state index in [1.165, 1.54) is 6.20 Å². The van der Waals surface area contributed by atoms with Crippen LogP contribution >= 0.6 is 0 Å². The van der Waals surface area contributed by atoms with Crippen LogP contribution in [0.15, 0.2) is 18.6 Å². The summed E-state index contributed by atoms with van der Waals surface area (Å²) >= 11 is 0. The molecule has 4 nitrogen and oxygen atoms in total. The molecule has 0 aromatic carbocycles. The molecule has 0 atom stereocenters. The molecule has 0 fully saturated rings. The molecule has 2 aromatic rings. The van der Waals surface area contributed by atoms with Crippen molar-refractivity contribution in [2.45, 2.75) is 13.3 Å². The molecule has 4 heteroatoms. The van der Waals surface area contributed by atoms with Gasteiger partial charge in [-0.1, -0.05) is 6.92 Å². The van der Waals surface area contributed by atoms with Crippen LogP contribution in [0, 0.1) is 0 Å². The summed E-state index contributed by atoms with van der Waals surface area (Å²) in [5.74, 6) is 0.257. The lowest BCUT2D eigenvalue weighted by Gasteiger charge is -2.12. The summed E-state index contributed by atoms with van der Waals surface area (Å²) in [5.41, 5.74) is 2.05. The van der Waals surface area contributed by atoms with Crippen molar-refractivity contribution in [2.24, 2.45) is 0 Å². The smallest absolute Gasteiger partial charge is 0.143 e. The number of H-pyrrole nitrogens is 1. The van der Waals surface area contributed by atoms with Crippen LogP contribution in [0.25, 0.3) is 10.9 Å². The molecule has 0 saturated heterocycles. The topological polar surface area (TPSA) is 52.2 Å². The standard InChI is InChI=1S/C12H17N3O/c1-3-15(2)5-4-9-6-14-10-7-13-8-11(16)12(9)10/h6-8,14,16H,3-5H2,1-2H3. The third-order valence-corrected chi connectivity index (χ3v) is 2.95. The van der Waals surface area contributed by atoms with Gasteiger partial charge in [-0.05, 0) is 25.6 Å². The zero-order chi connectivity index (χ0) is 11.5. The Morgan fingerprint density at radius 3 is 3.00 bits per heavy atom. The van der Waals surface area contributed by atoms with E-state index >= 15 is 0 Å². The lowest BCUT2D eigenvalue weighted by atomic mass is 10.1. The van der Waals surface area contributed by atoms with E-state index in [1.54, 1.807) is 6.20 Å². The highest BCUT2D eigenvalue weighted by molar-refractivity contribution is 5.88. The van der Waals surface area contributed by atoms with Gasteiger partial charge in [0.15, 0.2) is 0 Å². The fourth-order valence-electron chi connectivity index (χ4n) is 1.80. The molecule has 0 spiro atoms. The summed E-state index contributed by atoms with van der Waals surface area (Å²) in [6.07, 6.45) is 6.11. The van der Waals surface area contributed by atoms with Crippen LogP contribution in [0.4, 0.5) is 0 Å². The van der Waals surface area contributed by atoms with E-state index < -0.39 is 0 Å². The van der Waals surface area contributed by atoms with E-state index in [0.29, 0.717) is 0 Å². The second-order valence-electron chi connectivity index (χ2n) is 4.04. The number of likely N-dealkylation sites (N-methyl/N-ethyl adjacent to an activating group) is 1. The largest absolute Gasteiger partial charge is 0.506 e. The normalized spacial score (nSPS) is 11.4. The molecule has 2 heterocycles. The number of aromatic nitrogens is 2. The number of rotatable bonds is 4. The number of hydrogen-bond acceptors (Lipinski definition) is 3. The van der Waals surface area contributed by atoms with E-state index in [0.717, 1.165) is 36.0 Å². The zero-order valence-corrected chi connectivity index (χ0v) is 9.70. The van der Waals surface area contributed by atoms with Crippen molar-refractivity contribution < 1.29 is 5.11 Å². The Bertz CT molecular complexity index is 478. The lowest BCUT2D eigenvalue weighted by molar-refractivity contribution is 0.358. The molecule has 0 aliphatic rings. The SMILES string of the molecule is CCN(C)CCc1c[nH]c2cncc(O)c12. The molecule has 0 aliphatic heterocycles. The van der Waals surface area contributed by atoms with Gasteiger partial charge < -0.3 is 15.0 Å². The second-order valence-corrected chi connectivity index (χ2v) is 4.04. The van der Waals surface area contributed by atoms with E-state index in [4.69, 9.17) is 0 Å². The summed E-state index contributed by atoms with van der Waals surface area (Å²) < 4.78 is 0. The number of fused-ring (bicyclic) bond motifs is 1. The van der Waals surface area contributed by atoms with Crippen molar-refractivity contribution in [2.75, 3.05) is 20.1 Å². The van der Waals surface area contributed by atoms with Crippen LogP contribution in [-0.4, -0.2) is 40.1 Å². The molecule has 2 aromatic heterocycles. The lowest BCUT2D eigenvalue weighted by Crippen LogP contribution is -2.20. The molecule has 86 valence electrons. The molecular formula is C12H17N3O. The van der Waals surface area contributed by atoms with E-state index in [-0.39, 0.29) is 5.75 Å². The van der Waals surface area contributed by atoms with Crippen LogP contribution in [0.1, 0.15) is 12.5 Å². The zero-order valence-electron chi connectivity index (χ0n) is 9.70. The maximum Gasteiger partial charge on any atom is 0.143 e. The Labute approximate surface area is 94.9 Å². The van der Waals surface area contributed by atoms with Gasteiger partial charge in [0.2, 0.25) is 0 Å². The number of pyridine rings is 1. The monoisotopic (exact) mass is 219 g/mol. The molecule has 0 amide bonds. The average Bonchev–Trinajstić information content (AvgIpc) is 2.70.